The van der Waals surface area contributed by atoms with E-state index in [2.05, 4.69) is 9.97 Å². The SMILES string of the molecule is COc1ccc(-c2csc3nc(Cl)nc(Cl)c23)cc1. The first kappa shape index (κ1) is 12.7. The molecule has 0 N–H and O–H groups in total. The van der Waals surface area contributed by atoms with Crippen molar-refractivity contribution in [1.29, 1.82) is 0 Å². The van der Waals surface area contributed by atoms with E-state index in [1.807, 2.05) is 29.6 Å². The molecule has 96 valence electrons. The van der Waals surface area contributed by atoms with Crippen LogP contribution in [-0.2, 0) is 0 Å². The van der Waals surface area contributed by atoms with Gasteiger partial charge in [0.25, 0.3) is 0 Å². The van der Waals surface area contributed by atoms with E-state index in [0.717, 1.165) is 27.1 Å². The van der Waals surface area contributed by atoms with Crippen molar-refractivity contribution >= 4 is 44.8 Å². The Balaban J connectivity index is 2.19. The second-order valence-electron chi connectivity index (χ2n) is 3.84. The number of benzene rings is 1. The Morgan fingerprint density at radius 1 is 1.11 bits per heavy atom. The van der Waals surface area contributed by atoms with Crippen LogP contribution < -0.4 is 4.74 Å². The number of ether oxygens (including phenoxy) is 1. The maximum atomic E-state index is 6.16. The largest absolute Gasteiger partial charge is 0.497 e. The molecular formula is C13H8Cl2N2OS. The van der Waals surface area contributed by atoms with Crippen LogP contribution in [0.25, 0.3) is 21.3 Å². The number of rotatable bonds is 2. The summed E-state index contributed by atoms with van der Waals surface area (Å²) >= 11 is 13.5. The molecule has 3 aromatic rings. The molecule has 0 bridgehead atoms. The van der Waals surface area contributed by atoms with Gasteiger partial charge in [0.2, 0.25) is 5.28 Å². The summed E-state index contributed by atoms with van der Waals surface area (Å²) in [4.78, 5) is 8.96. The Hall–Kier alpha value is -1.36. The van der Waals surface area contributed by atoms with Gasteiger partial charge in [-0.3, -0.25) is 0 Å². The molecule has 0 unspecified atom stereocenters. The van der Waals surface area contributed by atoms with Gasteiger partial charge in [-0.1, -0.05) is 23.7 Å². The van der Waals surface area contributed by atoms with Crippen molar-refractivity contribution in [3.63, 3.8) is 0 Å². The Morgan fingerprint density at radius 2 is 1.84 bits per heavy atom. The third kappa shape index (κ3) is 2.27. The zero-order valence-corrected chi connectivity index (χ0v) is 12.2. The zero-order chi connectivity index (χ0) is 13.4. The van der Waals surface area contributed by atoms with Crippen LogP contribution in [-0.4, -0.2) is 17.1 Å². The van der Waals surface area contributed by atoms with Crippen molar-refractivity contribution in [2.75, 3.05) is 7.11 Å². The molecule has 2 aromatic heterocycles. The minimum Gasteiger partial charge on any atom is -0.497 e. The summed E-state index contributed by atoms with van der Waals surface area (Å²) in [5.74, 6) is 0.814. The highest BCUT2D eigenvalue weighted by Crippen LogP contribution is 2.37. The second kappa shape index (κ2) is 4.96. The van der Waals surface area contributed by atoms with E-state index in [4.69, 9.17) is 27.9 Å². The monoisotopic (exact) mass is 310 g/mol. The molecule has 0 amide bonds. The summed E-state index contributed by atoms with van der Waals surface area (Å²) < 4.78 is 5.15. The standard InChI is InChI=1S/C13H8Cl2N2OS/c1-18-8-4-2-7(3-5-8)9-6-19-12-10(9)11(14)16-13(15)17-12/h2-6H,1H3. The molecule has 3 nitrogen and oxygen atoms in total. The van der Waals surface area contributed by atoms with Gasteiger partial charge in [-0.05, 0) is 29.3 Å². The van der Waals surface area contributed by atoms with Crippen LogP contribution in [0.2, 0.25) is 10.4 Å². The highest BCUT2D eigenvalue weighted by Gasteiger charge is 2.13. The van der Waals surface area contributed by atoms with Gasteiger partial charge >= 0.3 is 0 Å². The molecule has 0 saturated carbocycles. The first-order valence-corrected chi connectivity index (χ1v) is 7.07. The van der Waals surface area contributed by atoms with E-state index in [9.17, 15) is 0 Å². The van der Waals surface area contributed by atoms with Crippen LogP contribution in [0.3, 0.4) is 0 Å². The maximum Gasteiger partial charge on any atom is 0.225 e. The fourth-order valence-electron chi connectivity index (χ4n) is 1.86. The van der Waals surface area contributed by atoms with Crippen molar-refractivity contribution in [1.82, 2.24) is 9.97 Å². The highest BCUT2D eigenvalue weighted by atomic mass is 35.5. The summed E-state index contributed by atoms with van der Waals surface area (Å²) in [7, 11) is 1.64. The number of hydrogen-bond acceptors (Lipinski definition) is 4. The lowest BCUT2D eigenvalue weighted by Crippen LogP contribution is -1.85. The Bertz CT molecular complexity index is 740. The third-order valence-electron chi connectivity index (χ3n) is 2.76. The number of halogens is 2. The molecule has 0 radical (unpaired) electrons. The van der Waals surface area contributed by atoms with Crippen molar-refractivity contribution in [2.24, 2.45) is 0 Å². The molecule has 0 aliphatic carbocycles. The molecule has 3 rings (SSSR count). The lowest BCUT2D eigenvalue weighted by molar-refractivity contribution is 0.415. The average molecular weight is 311 g/mol. The minimum atomic E-state index is 0.167. The first-order chi connectivity index (χ1) is 9.19. The Morgan fingerprint density at radius 3 is 2.53 bits per heavy atom. The van der Waals surface area contributed by atoms with E-state index < -0.39 is 0 Å². The van der Waals surface area contributed by atoms with E-state index >= 15 is 0 Å². The van der Waals surface area contributed by atoms with Gasteiger partial charge in [0.15, 0.2) is 0 Å². The molecule has 2 heterocycles. The van der Waals surface area contributed by atoms with Crippen molar-refractivity contribution in [3.8, 4) is 16.9 Å². The molecule has 0 fully saturated rings. The van der Waals surface area contributed by atoms with Crippen LogP contribution in [0.5, 0.6) is 5.75 Å². The van der Waals surface area contributed by atoms with Gasteiger partial charge in [-0.25, -0.2) is 9.97 Å². The van der Waals surface area contributed by atoms with Crippen LogP contribution in [0, 0.1) is 0 Å². The lowest BCUT2D eigenvalue weighted by Gasteiger charge is -2.03. The maximum absolute atomic E-state index is 6.16. The summed E-state index contributed by atoms with van der Waals surface area (Å²) in [5.41, 5.74) is 2.05. The first-order valence-electron chi connectivity index (χ1n) is 5.43. The van der Waals surface area contributed by atoms with Gasteiger partial charge in [0.1, 0.15) is 15.7 Å². The summed E-state index contributed by atoms with van der Waals surface area (Å²) in [6, 6.07) is 7.77. The number of thiophene rings is 1. The third-order valence-corrected chi connectivity index (χ3v) is 4.08. The fourth-order valence-corrected chi connectivity index (χ4v) is 3.39. The molecule has 6 heteroatoms. The number of nitrogens with zero attached hydrogens (tertiary/aromatic N) is 2. The van der Waals surface area contributed by atoms with E-state index in [-0.39, 0.29) is 5.28 Å². The van der Waals surface area contributed by atoms with E-state index in [0.29, 0.717) is 5.15 Å². The molecule has 0 spiro atoms. The van der Waals surface area contributed by atoms with Crippen molar-refractivity contribution in [3.05, 3.63) is 40.1 Å². The summed E-state index contributed by atoms with van der Waals surface area (Å²) in [6.45, 7) is 0. The smallest absolute Gasteiger partial charge is 0.225 e. The van der Waals surface area contributed by atoms with Gasteiger partial charge in [-0.15, -0.1) is 11.3 Å². The predicted octanol–water partition coefficient (Wildman–Crippen LogP) is 4.67. The molecule has 0 aliphatic rings. The quantitative estimate of drug-likeness (QED) is 0.509. The van der Waals surface area contributed by atoms with Gasteiger partial charge < -0.3 is 4.74 Å². The normalized spacial score (nSPS) is 10.9. The topological polar surface area (TPSA) is 35.0 Å². The molecule has 19 heavy (non-hydrogen) atoms. The van der Waals surface area contributed by atoms with Gasteiger partial charge in [-0.2, -0.15) is 0 Å². The molecular weight excluding hydrogens is 303 g/mol. The second-order valence-corrected chi connectivity index (χ2v) is 5.40. The molecule has 0 atom stereocenters. The Labute approximate surface area is 123 Å². The van der Waals surface area contributed by atoms with Gasteiger partial charge in [0.05, 0.1) is 12.5 Å². The number of hydrogen-bond donors (Lipinski definition) is 0. The number of methoxy groups -OCH3 is 1. The van der Waals surface area contributed by atoms with Gasteiger partial charge in [0, 0.05) is 10.9 Å². The lowest BCUT2D eigenvalue weighted by atomic mass is 10.1. The van der Waals surface area contributed by atoms with Crippen LogP contribution in [0.4, 0.5) is 0 Å². The average Bonchev–Trinajstić information content (AvgIpc) is 2.83. The summed E-state index contributed by atoms with van der Waals surface area (Å²) in [5, 5.41) is 3.38. The predicted molar refractivity (Wildman–Crippen MR) is 79.4 cm³/mol. The van der Waals surface area contributed by atoms with Crippen LogP contribution in [0.1, 0.15) is 0 Å². The van der Waals surface area contributed by atoms with Crippen molar-refractivity contribution < 1.29 is 4.74 Å². The summed E-state index contributed by atoms with van der Waals surface area (Å²) in [6.07, 6.45) is 0. The number of fused-ring (bicyclic) bond motifs is 1. The molecule has 0 aliphatic heterocycles. The fraction of sp³-hybridized carbons (Fsp3) is 0.0769. The minimum absolute atomic E-state index is 0.167. The van der Waals surface area contributed by atoms with Crippen LogP contribution >= 0.6 is 34.5 Å². The number of aromatic nitrogens is 2. The molecule has 1 aromatic carbocycles. The zero-order valence-electron chi connectivity index (χ0n) is 9.85. The van der Waals surface area contributed by atoms with Crippen LogP contribution in [0.15, 0.2) is 29.6 Å². The van der Waals surface area contributed by atoms with E-state index in [1.54, 1.807) is 7.11 Å². The Kier molecular flexibility index (Phi) is 3.31. The van der Waals surface area contributed by atoms with Crippen molar-refractivity contribution in [2.45, 2.75) is 0 Å². The molecule has 0 saturated heterocycles. The van der Waals surface area contributed by atoms with E-state index in [1.165, 1.54) is 11.3 Å². The highest BCUT2D eigenvalue weighted by molar-refractivity contribution is 7.17.